The number of carbonyl (C=O) groups excluding carboxylic acids is 2. The lowest BCUT2D eigenvalue weighted by atomic mass is 9.87. The van der Waals surface area contributed by atoms with Crippen molar-refractivity contribution >= 4 is 22.8 Å². The van der Waals surface area contributed by atoms with Crippen molar-refractivity contribution in [1.29, 1.82) is 0 Å². The van der Waals surface area contributed by atoms with Gasteiger partial charge in [-0.15, -0.1) is 0 Å². The highest BCUT2D eigenvalue weighted by Crippen LogP contribution is 2.57. The van der Waals surface area contributed by atoms with E-state index >= 15 is 0 Å². The SMILES string of the molecule is CCSC(=O)C1([C@@](C)(O)C(=O)OC)CC1. The Balaban J connectivity index is 2.86. The van der Waals surface area contributed by atoms with E-state index in [1.54, 1.807) is 0 Å². The van der Waals surface area contributed by atoms with Crippen LogP contribution in [0.2, 0.25) is 0 Å². The second kappa shape index (κ2) is 4.14. The molecule has 1 aliphatic rings. The van der Waals surface area contributed by atoms with E-state index in [1.165, 1.54) is 14.0 Å². The molecule has 0 amide bonds. The second-order valence-electron chi connectivity index (χ2n) is 3.87. The van der Waals surface area contributed by atoms with E-state index in [-0.39, 0.29) is 5.12 Å². The highest BCUT2D eigenvalue weighted by atomic mass is 32.2. The van der Waals surface area contributed by atoms with Gasteiger partial charge in [0.1, 0.15) is 0 Å². The molecule has 0 spiro atoms. The molecule has 15 heavy (non-hydrogen) atoms. The summed E-state index contributed by atoms with van der Waals surface area (Å²) in [5, 5.41) is 9.95. The van der Waals surface area contributed by atoms with Crippen LogP contribution in [0.5, 0.6) is 0 Å². The predicted molar refractivity (Wildman–Crippen MR) is 57.4 cm³/mol. The van der Waals surface area contributed by atoms with Gasteiger partial charge >= 0.3 is 5.97 Å². The third-order valence-electron chi connectivity index (χ3n) is 2.93. The zero-order valence-corrected chi connectivity index (χ0v) is 10.0. The van der Waals surface area contributed by atoms with Gasteiger partial charge in [0.2, 0.25) is 0 Å². The van der Waals surface area contributed by atoms with Gasteiger partial charge in [0.25, 0.3) is 0 Å². The van der Waals surface area contributed by atoms with Crippen LogP contribution < -0.4 is 0 Å². The monoisotopic (exact) mass is 232 g/mol. The minimum atomic E-state index is -1.69. The van der Waals surface area contributed by atoms with Crippen molar-refractivity contribution in [2.75, 3.05) is 12.9 Å². The van der Waals surface area contributed by atoms with E-state index in [9.17, 15) is 14.7 Å². The molecule has 1 saturated carbocycles. The Morgan fingerprint density at radius 2 is 2.07 bits per heavy atom. The summed E-state index contributed by atoms with van der Waals surface area (Å²) in [6.45, 7) is 3.23. The van der Waals surface area contributed by atoms with Gasteiger partial charge < -0.3 is 9.84 Å². The molecule has 0 radical (unpaired) electrons. The van der Waals surface area contributed by atoms with Crippen molar-refractivity contribution in [3.63, 3.8) is 0 Å². The smallest absolute Gasteiger partial charge is 0.338 e. The van der Waals surface area contributed by atoms with Crippen molar-refractivity contribution < 1.29 is 19.4 Å². The molecule has 0 saturated heterocycles. The summed E-state index contributed by atoms with van der Waals surface area (Å²) in [4.78, 5) is 23.2. The molecule has 1 N–H and O–H groups in total. The molecule has 0 heterocycles. The molecule has 0 aromatic heterocycles. The van der Waals surface area contributed by atoms with Crippen LogP contribution in [0.25, 0.3) is 0 Å². The Kier molecular flexibility index (Phi) is 3.45. The molecule has 0 unspecified atom stereocenters. The lowest BCUT2D eigenvalue weighted by molar-refractivity contribution is -0.169. The van der Waals surface area contributed by atoms with E-state index in [0.29, 0.717) is 18.6 Å². The van der Waals surface area contributed by atoms with Crippen molar-refractivity contribution in [2.45, 2.75) is 32.3 Å². The number of carbonyl (C=O) groups is 2. The van der Waals surface area contributed by atoms with Crippen LogP contribution in [-0.2, 0) is 14.3 Å². The minimum absolute atomic E-state index is 0.111. The average Bonchev–Trinajstić information content (AvgIpc) is 2.97. The fraction of sp³-hybridized carbons (Fsp3) is 0.800. The van der Waals surface area contributed by atoms with Crippen LogP contribution in [0.15, 0.2) is 0 Å². The first-order valence-corrected chi connectivity index (χ1v) is 5.89. The minimum Gasteiger partial charge on any atom is -0.467 e. The lowest BCUT2D eigenvalue weighted by Crippen LogP contribution is -2.48. The first-order chi connectivity index (χ1) is 6.92. The first kappa shape index (κ1) is 12.5. The molecule has 4 nitrogen and oxygen atoms in total. The zero-order chi connectivity index (χ0) is 11.7. The van der Waals surface area contributed by atoms with Crippen molar-refractivity contribution in [3.8, 4) is 0 Å². The van der Waals surface area contributed by atoms with Gasteiger partial charge in [-0.1, -0.05) is 18.7 Å². The quantitative estimate of drug-likeness (QED) is 0.732. The van der Waals surface area contributed by atoms with Gasteiger partial charge in [0.05, 0.1) is 12.5 Å². The average molecular weight is 232 g/mol. The molecule has 86 valence electrons. The maximum atomic E-state index is 11.8. The van der Waals surface area contributed by atoms with E-state index in [0.717, 1.165) is 11.8 Å². The van der Waals surface area contributed by atoms with Crippen molar-refractivity contribution in [2.24, 2.45) is 5.41 Å². The maximum absolute atomic E-state index is 11.8. The summed E-state index contributed by atoms with van der Waals surface area (Å²) < 4.78 is 4.52. The standard InChI is InChI=1S/C10H16O4S/c1-4-15-8(12)10(5-6-10)9(2,13)7(11)14-3/h13H,4-6H2,1-3H3/t9-/m0/s1. The van der Waals surface area contributed by atoms with E-state index < -0.39 is 17.0 Å². The molecule has 0 aliphatic heterocycles. The summed E-state index contributed by atoms with van der Waals surface area (Å²) in [7, 11) is 1.21. The molecule has 1 rings (SSSR count). The van der Waals surface area contributed by atoms with Crippen LogP contribution in [0.4, 0.5) is 0 Å². The largest absolute Gasteiger partial charge is 0.467 e. The van der Waals surface area contributed by atoms with Crippen molar-refractivity contribution in [1.82, 2.24) is 0 Å². The van der Waals surface area contributed by atoms with Crippen LogP contribution in [-0.4, -0.2) is 34.7 Å². The van der Waals surface area contributed by atoms with E-state index in [4.69, 9.17) is 0 Å². The number of hydrogen-bond donors (Lipinski definition) is 1. The van der Waals surface area contributed by atoms with Gasteiger partial charge in [-0.25, -0.2) is 4.79 Å². The molecule has 0 aromatic carbocycles. The highest BCUT2D eigenvalue weighted by Gasteiger charge is 2.65. The van der Waals surface area contributed by atoms with Crippen LogP contribution >= 0.6 is 11.8 Å². The van der Waals surface area contributed by atoms with Crippen LogP contribution in [0.1, 0.15) is 26.7 Å². The van der Waals surface area contributed by atoms with Gasteiger partial charge in [0, 0.05) is 0 Å². The lowest BCUT2D eigenvalue weighted by Gasteiger charge is -2.28. The third-order valence-corrected chi connectivity index (χ3v) is 3.87. The normalized spacial score (nSPS) is 21.6. The number of rotatable bonds is 4. The summed E-state index contributed by atoms with van der Waals surface area (Å²) >= 11 is 1.15. The molecule has 1 atom stereocenters. The molecule has 0 aromatic rings. The molecular formula is C10H16O4S. The first-order valence-electron chi connectivity index (χ1n) is 4.90. The highest BCUT2D eigenvalue weighted by molar-refractivity contribution is 8.13. The summed E-state index contributed by atoms with van der Waals surface area (Å²) in [5.74, 6) is -0.0808. The number of methoxy groups -OCH3 is 1. The molecule has 0 bridgehead atoms. The zero-order valence-electron chi connectivity index (χ0n) is 9.20. The van der Waals surface area contributed by atoms with Gasteiger partial charge in [-0.2, -0.15) is 0 Å². The topological polar surface area (TPSA) is 63.6 Å². The Morgan fingerprint density at radius 1 is 1.53 bits per heavy atom. The van der Waals surface area contributed by atoms with Gasteiger partial charge in [-0.05, 0) is 25.5 Å². The van der Waals surface area contributed by atoms with Crippen LogP contribution in [0, 0.1) is 5.41 Å². The van der Waals surface area contributed by atoms with Crippen LogP contribution in [0.3, 0.4) is 0 Å². The Labute approximate surface area is 93.4 Å². The number of esters is 1. The fourth-order valence-electron chi connectivity index (χ4n) is 1.68. The molecule has 1 fully saturated rings. The summed E-state index contributed by atoms with van der Waals surface area (Å²) in [6, 6.07) is 0. The Hall–Kier alpha value is -0.550. The van der Waals surface area contributed by atoms with Crippen molar-refractivity contribution in [3.05, 3.63) is 0 Å². The molecule has 5 heteroatoms. The molecule has 1 aliphatic carbocycles. The van der Waals surface area contributed by atoms with E-state index in [2.05, 4.69) is 4.74 Å². The number of ether oxygens (including phenoxy) is 1. The third kappa shape index (κ3) is 1.90. The second-order valence-corrected chi connectivity index (χ2v) is 5.10. The van der Waals surface area contributed by atoms with E-state index in [1.807, 2.05) is 6.92 Å². The Morgan fingerprint density at radius 3 is 2.40 bits per heavy atom. The van der Waals surface area contributed by atoms with Gasteiger partial charge in [-0.3, -0.25) is 4.79 Å². The predicted octanol–water partition coefficient (Wildman–Crippen LogP) is 0.970. The molecular weight excluding hydrogens is 216 g/mol. The number of hydrogen-bond acceptors (Lipinski definition) is 5. The summed E-state index contributed by atoms with van der Waals surface area (Å²) in [6.07, 6.45) is 1.11. The van der Waals surface area contributed by atoms with Gasteiger partial charge in [0.15, 0.2) is 10.7 Å². The number of thioether (sulfide) groups is 1. The summed E-state index contributed by atoms with van der Waals surface area (Å²) in [5.41, 5.74) is -2.61. The Bertz CT molecular complexity index is 281. The fourth-order valence-corrected chi connectivity index (χ4v) is 2.62. The maximum Gasteiger partial charge on any atom is 0.338 e. The number of aliphatic hydroxyl groups is 1.